The van der Waals surface area contributed by atoms with E-state index in [1.54, 1.807) is 0 Å². The maximum atomic E-state index is 10.5. The molecule has 0 fully saturated rings. The molecule has 0 saturated carbocycles. The minimum atomic E-state index is -1.09. The SMILES string of the molecule is COC(S)(C=O)CCC(C)=O. The maximum absolute atomic E-state index is 10.5. The molecule has 0 bridgehead atoms. The summed E-state index contributed by atoms with van der Waals surface area (Å²) in [7, 11) is 1.39. The van der Waals surface area contributed by atoms with Gasteiger partial charge in [0.25, 0.3) is 0 Å². The van der Waals surface area contributed by atoms with Crippen LogP contribution in [0.25, 0.3) is 0 Å². The Hall–Kier alpha value is -0.350. The largest absolute Gasteiger partial charge is 0.361 e. The van der Waals surface area contributed by atoms with Gasteiger partial charge in [0.15, 0.2) is 11.2 Å². The Kier molecular flexibility index (Phi) is 4.37. The molecule has 0 heterocycles. The fraction of sp³-hybridized carbons (Fsp3) is 0.714. The Labute approximate surface area is 71.5 Å². The van der Waals surface area contributed by atoms with Gasteiger partial charge in [-0.2, -0.15) is 0 Å². The molecule has 0 N–H and O–H groups in total. The van der Waals surface area contributed by atoms with E-state index in [1.165, 1.54) is 14.0 Å². The van der Waals surface area contributed by atoms with Crippen LogP contribution in [0.15, 0.2) is 0 Å². The molecule has 11 heavy (non-hydrogen) atoms. The molecule has 1 atom stereocenters. The number of thiol groups is 1. The van der Waals surface area contributed by atoms with E-state index in [9.17, 15) is 9.59 Å². The van der Waals surface area contributed by atoms with E-state index < -0.39 is 4.93 Å². The predicted molar refractivity (Wildman–Crippen MR) is 44.7 cm³/mol. The van der Waals surface area contributed by atoms with Crippen molar-refractivity contribution in [3.8, 4) is 0 Å². The van der Waals surface area contributed by atoms with E-state index in [4.69, 9.17) is 4.74 Å². The fourth-order valence-corrected chi connectivity index (χ4v) is 0.676. The van der Waals surface area contributed by atoms with Gasteiger partial charge in [-0.05, 0) is 13.3 Å². The highest BCUT2D eigenvalue weighted by molar-refractivity contribution is 7.82. The topological polar surface area (TPSA) is 43.4 Å². The number of carbonyl (C=O) groups excluding carboxylic acids is 2. The van der Waals surface area contributed by atoms with E-state index in [0.717, 1.165) is 0 Å². The van der Waals surface area contributed by atoms with E-state index in [2.05, 4.69) is 12.6 Å². The number of rotatable bonds is 5. The zero-order chi connectivity index (χ0) is 8.91. The van der Waals surface area contributed by atoms with Crippen molar-refractivity contribution in [3.05, 3.63) is 0 Å². The molecule has 0 aliphatic heterocycles. The number of hydrogen-bond acceptors (Lipinski definition) is 4. The number of Topliss-reactive ketones (excluding diaryl/α,β-unsaturated/α-hetero) is 1. The summed E-state index contributed by atoms with van der Waals surface area (Å²) in [6.45, 7) is 1.47. The van der Waals surface area contributed by atoms with Crippen molar-refractivity contribution < 1.29 is 14.3 Å². The van der Waals surface area contributed by atoms with Crippen LogP contribution in [0.2, 0.25) is 0 Å². The van der Waals surface area contributed by atoms with E-state index in [1.807, 2.05) is 0 Å². The third-order valence-electron chi connectivity index (χ3n) is 1.37. The second-order valence-corrected chi connectivity index (χ2v) is 3.13. The quantitative estimate of drug-likeness (QED) is 0.383. The molecule has 0 amide bonds. The Morgan fingerprint density at radius 3 is 2.55 bits per heavy atom. The average molecular weight is 176 g/mol. The summed E-state index contributed by atoms with van der Waals surface area (Å²) in [5.41, 5.74) is 0. The van der Waals surface area contributed by atoms with Crippen LogP contribution in [0.5, 0.6) is 0 Å². The fourth-order valence-electron chi connectivity index (χ4n) is 0.564. The molecular weight excluding hydrogens is 164 g/mol. The zero-order valence-electron chi connectivity index (χ0n) is 6.66. The van der Waals surface area contributed by atoms with Crippen LogP contribution in [-0.2, 0) is 14.3 Å². The Balaban J connectivity index is 3.87. The Morgan fingerprint density at radius 2 is 2.27 bits per heavy atom. The smallest absolute Gasteiger partial charge is 0.166 e. The molecule has 3 nitrogen and oxygen atoms in total. The van der Waals surface area contributed by atoms with Crippen LogP contribution in [0.1, 0.15) is 19.8 Å². The van der Waals surface area contributed by atoms with Gasteiger partial charge < -0.3 is 9.53 Å². The van der Waals surface area contributed by atoms with Gasteiger partial charge in [0.05, 0.1) is 0 Å². The standard InChI is InChI=1S/C7H12O3S/c1-6(9)3-4-7(11,5-8)10-2/h5,11H,3-4H2,1-2H3. The van der Waals surface area contributed by atoms with Crippen molar-refractivity contribution in [3.63, 3.8) is 0 Å². The molecule has 1 unspecified atom stereocenters. The van der Waals surface area contributed by atoms with Crippen molar-refractivity contribution >= 4 is 24.7 Å². The lowest BCUT2D eigenvalue weighted by Gasteiger charge is -2.18. The van der Waals surface area contributed by atoms with Gasteiger partial charge in [-0.1, -0.05) is 0 Å². The molecule has 0 aromatic carbocycles. The number of ketones is 1. The van der Waals surface area contributed by atoms with Gasteiger partial charge in [-0.3, -0.25) is 4.79 Å². The summed E-state index contributed by atoms with van der Waals surface area (Å²) in [5, 5.41) is 0. The van der Waals surface area contributed by atoms with E-state index in [0.29, 0.717) is 19.1 Å². The first-order valence-corrected chi connectivity index (χ1v) is 3.72. The molecule has 0 aliphatic carbocycles. The highest BCUT2D eigenvalue weighted by Crippen LogP contribution is 2.18. The second-order valence-electron chi connectivity index (χ2n) is 2.37. The summed E-state index contributed by atoms with van der Waals surface area (Å²) in [6, 6.07) is 0. The van der Waals surface area contributed by atoms with Gasteiger partial charge in [0, 0.05) is 13.5 Å². The molecule has 0 rings (SSSR count). The number of methoxy groups -OCH3 is 1. The minimum Gasteiger partial charge on any atom is -0.361 e. The molecule has 64 valence electrons. The van der Waals surface area contributed by atoms with Gasteiger partial charge in [-0.25, -0.2) is 0 Å². The Bertz CT molecular complexity index is 158. The first-order chi connectivity index (χ1) is 5.04. The van der Waals surface area contributed by atoms with Crippen molar-refractivity contribution in [2.45, 2.75) is 24.7 Å². The van der Waals surface area contributed by atoms with Gasteiger partial charge >= 0.3 is 0 Å². The summed E-state index contributed by atoms with van der Waals surface area (Å²) in [5.74, 6) is 0.0299. The lowest BCUT2D eigenvalue weighted by atomic mass is 10.1. The van der Waals surface area contributed by atoms with Crippen LogP contribution in [0, 0.1) is 0 Å². The first-order valence-electron chi connectivity index (χ1n) is 3.27. The number of hydrogen-bond donors (Lipinski definition) is 1. The summed E-state index contributed by atoms with van der Waals surface area (Å²) >= 11 is 3.95. The summed E-state index contributed by atoms with van der Waals surface area (Å²) in [6.07, 6.45) is 1.24. The number of aldehydes is 1. The van der Waals surface area contributed by atoms with Gasteiger partial charge in [-0.15, -0.1) is 12.6 Å². The number of carbonyl (C=O) groups is 2. The van der Waals surface area contributed by atoms with E-state index in [-0.39, 0.29) is 5.78 Å². The lowest BCUT2D eigenvalue weighted by molar-refractivity contribution is -0.121. The molecule has 0 spiro atoms. The zero-order valence-corrected chi connectivity index (χ0v) is 7.56. The molecule has 0 saturated heterocycles. The number of ether oxygens (including phenoxy) is 1. The molecule has 0 aliphatic rings. The molecular formula is C7H12O3S. The van der Waals surface area contributed by atoms with Gasteiger partial charge in [0.1, 0.15) is 5.78 Å². The second kappa shape index (κ2) is 4.51. The Morgan fingerprint density at radius 1 is 1.73 bits per heavy atom. The normalized spacial score (nSPS) is 15.5. The van der Waals surface area contributed by atoms with Crippen LogP contribution in [-0.4, -0.2) is 24.1 Å². The summed E-state index contributed by atoms with van der Waals surface area (Å²) < 4.78 is 4.78. The highest BCUT2D eigenvalue weighted by Gasteiger charge is 2.23. The highest BCUT2D eigenvalue weighted by atomic mass is 32.1. The van der Waals surface area contributed by atoms with Crippen molar-refractivity contribution in [2.75, 3.05) is 7.11 Å². The third kappa shape index (κ3) is 4.16. The van der Waals surface area contributed by atoms with Crippen molar-refractivity contribution in [1.29, 1.82) is 0 Å². The van der Waals surface area contributed by atoms with E-state index >= 15 is 0 Å². The third-order valence-corrected chi connectivity index (χ3v) is 1.88. The first kappa shape index (κ1) is 10.7. The van der Waals surface area contributed by atoms with Crippen molar-refractivity contribution in [2.24, 2.45) is 0 Å². The maximum Gasteiger partial charge on any atom is 0.166 e. The molecule has 0 radical (unpaired) electrons. The molecule has 0 aromatic heterocycles. The van der Waals surface area contributed by atoms with Crippen LogP contribution >= 0.6 is 12.6 Å². The monoisotopic (exact) mass is 176 g/mol. The predicted octanol–water partition coefficient (Wildman–Crippen LogP) is 0.827. The van der Waals surface area contributed by atoms with Gasteiger partial charge in [0.2, 0.25) is 0 Å². The lowest BCUT2D eigenvalue weighted by Crippen LogP contribution is -2.26. The minimum absolute atomic E-state index is 0.0299. The average Bonchev–Trinajstić information content (AvgIpc) is 2.00. The van der Waals surface area contributed by atoms with Crippen molar-refractivity contribution in [1.82, 2.24) is 0 Å². The molecule has 0 aromatic rings. The van der Waals surface area contributed by atoms with Crippen LogP contribution in [0.3, 0.4) is 0 Å². The van der Waals surface area contributed by atoms with Crippen LogP contribution in [0.4, 0.5) is 0 Å². The molecule has 4 heteroatoms. The summed E-state index contributed by atoms with van der Waals surface area (Å²) in [4.78, 5) is 19.8. The van der Waals surface area contributed by atoms with Crippen LogP contribution < -0.4 is 0 Å².